The summed E-state index contributed by atoms with van der Waals surface area (Å²) in [5.74, 6) is -3.09. The Hall–Kier alpha value is -2.43. The number of carbonyl (C=O) groups excluding carboxylic acids is 2. The van der Waals surface area contributed by atoms with E-state index in [4.69, 9.17) is 16.0 Å². The molecular weight excluding hydrogens is 365 g/mol. The second-order valence-electron chi connectivity index (χ2n) is 4.40. The normalized spacial score (nSPS) is 11.1. The number of amides is 2. The van der Waals surface area contributed by atoms with Crippen LogP contribution in [-0.4, -0.2) is 20.2 Å². The Bertz CT molecular complexity index is 854. The van der Waals surface area contributed by atoms with E-state index in [-0.39, 0.29) is 11.6 Å². The summed E-state index contributed by atoms with van der Waals surface area (Å²) >= 11 is 5.53. The summed E-state index contributed by atoms with van der Waals surface area (Å²) in [4.78, 5) is 23.9. The zero-order chi connectivity index (χ0) is 17.7. The molecule has 0 bridgehead atoms. The molecule has 0 fully saturated rings. The molecule has 1 heterocycles. The average molecular weight is 376 g/mol. The number of carbonyl (C=O) groups is 2. The van der Waals surface area contributed by atoms with E-state index in [0.717, 1.165) is 18.2 Å². The molecule has 3 N–H and O–H groups in total. The SMILES string of the molecule is O=C(NCc1ccco1)C(=O)NNS(=O)(=O)c1ccc(Cl)cc1F. The van der Waals surface area contributed by atoms with Gasteiger partial charge in [-0.2, -0.15) is 0 Å². The number of sulfonamides is 1. The molecule has 11 heteroatoms. The number of nitrogens with one attached hydrogen (secondary N) is 3. The van der Waals surface area contributed by atoms with Crippen LogP contribution >= 0.6 is 11.6 Å². The molecule has 0 saturated carbocycles. The molecule has 0 saturated heterocycles. The van der Waals surface area contributed by atoms with Crippen LogP contribution in [0.5, 0.6) is 0 Å². The second-order valence-corrected chi connectivity index (χ2v) is 6.48. The third-order valence-corrected chi connectivity index (χ3v) is 4.21. The van der Waals surface area contributed by atoms with Crippen LogP contribution in [0.3, 0.4) is 0 Å². The van der Waals surface area contributed by atoms with Crippen LogP contribution in [0.25, 0.3) is 0 Å². The smallest absolute Gasteiger partial charge is 0.324 e. The van der Waals surface area contributed by atoms with Gasteiger partial charge in [0, 0.05) is 5.02 Å². The molecule has 0 aliphatic heterocycles. The maximum atomic E-state index is 13.6. The summed E-state index contributed by atoms with van der Waals surface area (Å²) in [7, 11) is -4.41. The highest BCUT2D eigenvalue weighted by molar-refractivity contribution is 7.89. The Morgan fingerprint density at radius 2 is 1.96 bits per heavy atom. The van der Waals surface area contributed by atoms with Gasteiger partial charge in [-0.15, -0.1) is 4.83 Å². The predicted octanol–water partition coefficient (Wildman–Crippen LogP) is 0.698. The molecule has 0 unspecified atom stereocenters. The lowest BCUT2D eigenvalue weighted by molar-refractivity contribution is -0.139. The van der Waals surface area contributed by atoms with Crippen molar-refractivity contribution in [3.63, 3.8) is 0 Å². The van der Waals surface area contributed by atoms with Gasteiger partial charge >= 0.3 is 11.8 Å². The minimum absolute atomic E-state index is 0.00721. The quantitative estimate of drug-likeness (QED) is 0.525. The highest BCUT2D eigenvalue weighted by Crippen LogP contribution is 2.18. The lowest BCUT2D eigenvalue weighted by atomic mass is 10.3. The van der Waals surface area contributed by atoms with Gasteiger partial charge in [-0.25, -0.2) is 12.8 Å². The standard InChI is InChI=1S/C13H11ClFN3O5S/c14-8-3-4-11(10(15)6-8)24(21,22)18-17-13(20)12(19)16-7-9-2-1-5-23-9/h1-6,18H,7H2,(H,16,19)(H,17,20). The molecule has 0 spiro atoms. The van der Waals surface area contributed by atoms with Crippen molar-refractivity contribution in [2.24, 2.45) is 0 Å². The zero-order valence-corrected chi connectivity index (χ0v) is 13.4. The van der Waals surface area contributed by atoms with Gasteiger partial charge in [-0.05, 0) is 30.3 Å². The van der Waals surface area contributed by atoms with E-state index < -0.39 is 32.6 Å². The van der Waals surface area contributed by atoms with Crippen LogP contribution < -0.4 is 15.6 Å². The molecule has 2 amide bonds. The predicted molar refractivity (Wildman–Crippen MR) is 80.4 cm³/mol. The van der Waals surface area contributed by atoms with Crippen molar-refractivity contribution in [1.29, 1.82) is 0 Å². The van der Waals surface area contributed by atoms with Crippen molar-refractivity contribution in [1.82, 2.24) is 15.6 Å². The van der Waals surface area contributed by atoms with E-state index in [1.165, 1.54) is 6.26 Å². The van der Waals surface area contributed by atoms with Gasteiger partial charge in [0.25, 0.3) is 10.0 Å². The van der Waals surface area contributed by atoms with E-state index in [1.54, 1.807) is 22.4 Å². The molecule has 8 nitrogen and oxygen atoms in total. The number of benzene rings is 1. The van der Waals surface area contributed by atoms with Crippen molar-refractivity contribution < 1.29 is 26.8 Å². The van der Waals surface area contributed by atoms with E-state index >= 15 is 0 Å². The van der Waals surface area contributed by atoms with Crippen LogP contribution in [0, 0.1) is 5.82 Å². The first-order valence-electron chi connectivity index (χ1n) is 6.37. The molecular formula is C13H11ClFN3O5S. The topological polar surface area (TPSA) is 118 Å². The zero-order valence-electron chi connectivity index (χ0n) is 11.9. The summed E-state index contributed by atoms with van der Waals surface area (Å²) in [6.45, 7) is -0.0577. The number of furan rings is 1. The van der Waals surface area contributed by atoms with Gasteiger partial charge in [0.05, 0.1) is 12.8 Å². The Balaban J connectivity index is 1.93. The molecule has 128 valence electrons. The Labute approximate surface area is 141 Å². The molecule has 2 rings (SSSR count). The Kier molecular flexibility index (Phi) is 5.54. The third kappa shape index (κ3) is 4.54. The van der Waals surface area contributed by atoms with Crippen LogP contribution in [0.1, 0.15) is 5.76 Å². The van der Waals surface area contributed by atoms with E-state index in [9.17, 15) is 22.4 Å². The lowest BCUT2D eigenvalue weighted by Crippen LogP contribution is -2.48. The van der Waals surface area contributed by atoms with E-state index in [2.05, 4.69) is 5.32 Å². The monoisotopic (exact) mass is 375 g/mol. The number of hydrogen-bond donors (Lipinski definition) is 3. The lowest BCUT2D eigenvalue weighted by Gasteiger charge is -2.09. The molecule has 1 aromatic carbocycles. The van der Waals surface area contributed by atoms with Crippen LogP contribution in [0.4, 0.5) is 4.39 Å². The first kappa shape index (κ1) is 17.9. The second kappa shape index (κ2) is 7.43. The van der Waals surface area contributed by atoms with Crippen molar-refractivity contribution in [2.75, 3.05) is 0 Å². The van der Waals surface area contributed by atoms with Crippen LogP contribution in [0.15, 0.2) is 45.9 Å². The van der Waals surface area contributed by atoms with Crippen LogP contribution in [0.2, 0.25) is 5.02 Å². The summed E-state index contributed by atoms with van der Waals surface area (Å²) in [6, 6.07) is 6.05. The van der Waals surface area contributed by atoms with E-state index in [0.29, 0.717) is 5.76 Å². The fraction of sp³-hybridized carbons (Fsp3) is 0.0769. The Morgan fingerprint density at radius 3 is 2.58 bits per heavy atom. The molecule has 2 aromatic rings. The first-order valence-corrected chi connectivity index (χ1v) is 8.23. The first-order chi connectivity index (χ1) is 11.3. The van der Waals surface area contributed by atoms with Crippen molar-refractivity contribution in [2.45, 2.75) is 11.4 Å². The number of rotatable bonds is 5. The van der Waals surface area contributed by atoms with Crippen molar-refractivity contribution in [3.05, 3.63) is 53.2 Å². The minimum Gasteiger partial charge on any atom is -0.467 e. The van der Waals surface area contributed by atoms with Gasteiger partial charge in [0.2, 0.25) is 0 Å². The highest BCUT2D eigenvalue weighted by Gasteiger charge is 2.22. The molecule has 0 atom stereocenters. The number of halogens is 2. The van der Waals surface area contributed by atoms with E-state index in [1.807, 2.05) is 0 Å². The Morgan fingerprint density at radius 1 is 1.21 bits per heavy atom. The van der Waals surface area contributed by atoms with Gasteiger partial charge in [-0.3, -0.25) is 15.0 Å². The minimum atomic E-state index is -4.41. The largest absolute Gasteiger partial charge is 0.467 e. The number of hydrazine groups is 1. The number of hydrogen-bond acceptors (Lipinski definition) is 5. The molecule has 0 aliphatic rings. The van der Waals surface area contributed by atoms with Gasteiger partial charge < -0.3 is 9.73 Å². The average Bonchev–Trinajstić information content (AvgIpc) is 3.03. The fourth-order valence-electron chi connectivity index (χ4n) is 1.58. The van der Waals surface area contributed by atoms with Crippen molar-refractivity contribution in [3.8, 4) is 0 Å². The highest BCUT2D eigenvalue weighted by atomic mass is 35.5. The summed E-state index contributed by atoms with van der Waals surface area (Å²) in [6.07, 6.45) is 1.39. The van der Waals surface area contributed by atoms with Gasteiger partial charge in [-0.1, -0.05) is 11.6 Å². The summed E-state index contributed by atoms with van der Waals surface area (Å²) in [5, 5.41) is 2.22. The summed E-state index contributed by atoms with van der Waals surface area (Å²) in [5.41, 5.74) is 1.67. The maximum Gasteiger partial charge on any atom is 0.324 e. The van der Waals surface area contributed by atoms with Crippen LogP contribution in [-0.2, 0) is 26.2 Å². The van der Waals surface area contributed by atoms with Gasteiger partial charge in [0.15, 0.2) is 0 Å². The molecule has 0 aliphatic carbocycles. The molecule has 1 aromatic heterocycles. The maximum absolute atomic E-state index is 13.6. The van der Waals surface area contributed by atoms with Crippen molar-refractivity contribution >= 4 is 33.4 Å². The fourth-order valence-corrected chi connectivity index (χ4v) is 2.64. The molecule has 24 heavy (non-hydrogen) atoms. The third-order valence-electron chi connectivity index (χ3n) is 2.69. The molecule has 0 radical (unpaired) electrons. The summed E-state index contributed by atoms with van der Waals surface area (Å²) < 4.78 is 42.3. The van der Waals surface area contributed by atoms with Gasteiger partial charge in [0.1, 0.15) is 16.5 Å².